The Morgan fingerprint density at radius 3 is 2.52 bits per heavy atom. The Hall–Kier alpha value is -3.20. The van der Waals surface area contributed by atoms with E-state index in [1.807, 2.05) is 38.3 Å². The molecule has 2 aromatic heterocycles. The summed E-state index contributed by atoms with van der Waals surface area (Å²) < 4.78 is 44.5. The maximum Gasteiger partial charge on any atom is 0.241 e. The zero-order chi connectivity index (χ0) is 23.9. The molecule has 2 aromatic carbocycles. The highest BCUT2D eigenvalue weighted by Gasteiger charge is 2.37. The maximum atomic E-state index is 15.6. The average molecular weight is 468 g/mol. The van der Waals surface area contributed by atoms with Gasteiger partial charge in [0.2, 0.25) is 10.0 Å². The van der Waals surface area contributed by atoms with E-state index < -0.39 is 20.8 Å². The van der Waals surface area contributed by atoms with Gasteiger partial charge in [-0.25, -0.2) is 16.8 Å². The van der Waals surface area contributed by atoms with Gasteiger partial charge in [-0.2, -0.15) is 0 Å². The molecule has 0 amide bonds. The number of fused-ring (bicyclic) bond motifs is 4. The van der Waals surface area contributed by atoms with Crippen LogP contribution in [0.4, 0.5) is 10.1 Å². The summed E-state index contributed by atoms with van der Waals surface area (Å²) in [5.41, 5.74) is 3.37. The minimum absolute atomic E-state index is 0.385. The normalized spacial score (nSPS) is 14.9. The van der Waals surface area contributed by atoms with Crippen LogP contribution < -0.4 is 5.32 Å². The molecule has 0 saturated heterocycles. The van der Waals surface area contributed by atoms with E-state index in [0.717, 1.165) is 16.5 Å². The first-order chi connectivity index (χ1) is 15.4. The average Bonchev–Trinajstić information content (AvgIpc) is 3.35. The molecule has 0 aliphatic carbocycles. The lowest BCUT2D eigenvalue weighted by Crippen LogP contribution is -2.37. The first-order valence-corrected chi connectivity index (χ1v) is 12.3. The summed E-state index contributed by atoms with van der Waals surface area (Å²) in [7, 11) is -3.53. The summed E-state index contributed by atoms with van der Waals surface area (Å²) in [6.45, 7) is 11.0. The monoisotopic (exact) mass is 467 g/mol. The lowest BCUT2D eigenvalue weighted by molar-refractivity contribution is 0.521. The van der Waals surface area contributed by atoms with Crippen LogP contribution in [0.1, 0.15) is 44.9 Å². The molecule has 0 atom stereocenters. The number of benzene rings is 2. The SMILES string of the molecule is Cc1c(-c2cccc3c2ccn3S(=O)(=O)C(C)C)cc(F)c2c1-n1c(C)nnc1C(C)(C)N2. The number of anilines is 1. The van der Waals surface area contributed by atoms with Crippen LogP contribution in [-0.2, 0) is 15.6 Å². The van der Waals surface area contributed by atoms with Gasteiger partial charge in [0.25, 0.3) is 0 Å². The fraction of sp³-hybridized carbons (Fsp3) is 0.333. The van der Waals surface area contributed by atoms with E-state index >= 15 is 4.39 Å². The molecule has 1 aliphatic heterocycles. The van der Waals surface area contributed by atoms with Crippen LogP contribution in [0.25, 0.3) is 27.7 Å². The summed E-state index contributed by atoms with van der Waals surface area (Å²) >= 11 is 0. The molecule has 0 bridgehead atoms. The van der Waals surface area contributed by atoms with Gasteiger partial charge in [-0.3, -0.25) is 4.57 Å². The summed E-state index contributed by atoms with van der Waals surface area (Å²) in [5.74, 6) is 0.996. The fourth-order valence-electron chi connectivity index (χ4n) is 4.64. The molecule has 0 saturated carbocycles. The van der Waals surface area contributed by atoms with Crippen molar-refractivity contribution in [3.63, 3.8) is 0 Å². The van der Waals surface area contributed by atoms with Crippen molar-refractivity contribution in [1.82, 2.24) is 18.7 Å². The lowest BCUT2D eigenvalue weighted by Gasteiger charge is -2.35. The quantitative estimate of drug-likeness (QED) is 0.464. The van der Waals surface area contributed by atoms with Gasteiger partial charge in [0.1, 0.15) is 11.6 Å². The Kier molecular flexibility index (Phi) is 4.52. The molecule has 9 heteroatoms. The number of halogens is 1. The van der Waals surface area contributed by atoms with Crippen molar-refractivity contribution in [1.29, 1.82) is 0 Å². The van der Waals surface area contributed by atoms with Crippen molar-refractivity contribution in [2.24, 2.45) is 0 Å². The van der Waals surface area contributed by atoms with Gasteiger partial charge in [0.15, 0.2) is 5.82 Å². The largest absolute Gasteiger partial charge is 0.369 e. The molecule has 3 heterocycles. The van der Waals surface area contributed by atoms with Crippen molar-refractivity contribution in [3.8, 4) is 16.8 Å². The third-order valence-corrected chi connectivity index (χ3v) is 8.47. The second-order valence-electron chi connectivity index (χ2n) is 9.35. The van der Waals surface area contributed by atoms with Crippen LogP contribution in [0.3, 0.4) is 0 Å². The van der Waals surface area contributed by atoms with E-state index in [1.54, 1.807) is 38.2 Å². The standard InChI is InChI=1S/C24H26FN5O2S/c1-13(2)33(31,32)29-11-10-17-16(8-7-9-20(17)29)18-12-19(25)21-22(14(18)3)30-15(4)27-28-23(30)24(5,6)26-21/h7-13,26H,1-6H3. The molecule has 1 aliphatic rings. The molecule has 4 aromatic rings. The highest BCUT2D eigenvalue weighted by Crippen LogP contribution is 2.44. The van der Waals surface area contributed by atoms with Crippen LogP contribution >= 0.6 is 0 Å². The Morgan fingerprint density at radius 1 is 1.09 bits per heavy atom. The zero-order valence-corrected chi connectivity index (χ0v) is 20.2. The highest BCUT2D eigenvalue weighted by atomic mass is 32.2. The minimum Gasteiger partial charge on any atom is -0.369 e. The molecule has 0 radical (unpaired) electrons. The molecular formula is C24H26FN5O2S. The number of hydrogen-bond acceptors (Lipinski definition) is 5. The Balaban J connectivity index is 1.80. The maximum absolute atomic E-state index is 15.6. The van der Waals surface area contributed by atoms with E-state index in [1.165, 1.54) is 10.0 Å². The van der Waals surface area contributed by atoms with Crippen LogP contribution in [-0.4, -0.2) is 32.4 Å². The zero-order valence-electron chi connectivity index (χ0n) is 19.4. The molecule has 172 valence electrons. The Bertz CT molecular complexity index is 1550. The lowest BCUT2D eigenvalue weighted by atomic mass is 9.92. The highest BCUT2D eigenvalue weighted by molar-refractivity contribution is 7.90. The van der Waals surface area contributed by atoms with E-state index in [2.05, 4.69) is 15.5 Å². The number of aromatic nitrogens is 4. The molecule has 1 N–H and O–H groups in total. The Labute approximate surface area is 192 Å². The van der Waals surface area contributed by atoms with Crippen molar-refractivity contribution in [2.45, 2.75) is 52.3 Å². The first-order valence-electron chi connectivity index (χ1n) is 10.8. The van der Waals surface area contributed by atoms with E-state index in [-0.39, 0.29) is 5.82 Å². The third-order valence-electron chi connectivity index (χ3n) is 6.41. The predicted octanol–water partition coefficient (Wildman–Crippen LogP) is 4.89. The predicted molar refractivity (Wildman–Crippen MR) is 128 cm³/mol. The summed E-state index contributed by atoms with van der Waals surface area (Å²) in [5, 5.41) is 12.0. The van der Waals surface area contributed by atoms with Crippen molar-refractivity contribution < 1.29 is 12.8 Å². The van der Waals surface area contributed by atoms with Crippen LogP contribution in [0.2, 0.25) is 0 Å². The van der Waals surface area contributed by atoms with Crippen LogP contribution in [0.15, 0.2) is 36.5 Å². The second kappa shape index (κ2) is 6.90. The molecule has 0 fully saturated rings. The molecule has 0 unspecified atom stereocenters. The molecule has 7 nitrogen and oxygen atoms in total. The van der Waals surface area contributed by atoms with Crippen molar-refractivity contribution in [3.05, 3.63) is 59.6 Å². The van der Waals surface area contributed by atoms with Gasteiger partial charge >= 0.3 is 0 Å². The fourth-order valence-corrected chi connectivity index (χ4v) is 5.76. The van der Waals surface area contributed by atoms with Crippen LogP contribution in [0.5, 0.6) is 0 Å². The second-order valence-corrected chi connectivity index (χ2v) is 11.7. The summed E-state index contributed by atoms with van der Waals surface area (Å²) in [6, 6.07) is 8.76. The number of hydrogen-bond donors (Lipinski definition) is 1. The van der Waals surface area contributed by atoms with E-state index in [4.69, 9.17) is 0 Å². The van der Waals surface area contributed by atoms with Gasteiger partial charge < -0.3 is 5.32 Å². The molecular weight excluding hydrogens is 441 g/mol. The molecule has 33 heavy (non-hydrogen) atoms. The number of aryl methyl sites for hydroxylation is 1. The van der Waals surface area contributed by atoms with Gasteiger partial charge in [0, 0.05) is 11.6 Å². The Morgan fingerprint density at radius 2 is 1.82 bits per heavy atom. The van der Waals surface area contributed by atoms with Crippen molar-refractivity contribution >= 4 is 26.6 Å². The van der Waals surface area contributed by atoms with Gasteiger partial charge in [-0.1, -0.05) is 12.1 Å². The topological polar surface area (TPSA) is 81.8 Å². The van der Waals surface area contributed by atoms with Crippen LogP contribution in [0, 0.1) is 19.7 Å². The van der Waals surface area contributed by atoms with Gasteiger partial charge in [-0.15, -0.1) is 10.2 Å². The minimum atomic E-state index is -3.53. The van der Waals surface area contributed by atoms with Gasteiger partial charge in [0.05, 0.1) is 27.7 Å². The third kappa shape index (κ3) is 2.95. The number of nitrogens with zero attached hydrogens (tertiary/aromatic N) is 4. The summed E-state index contributed by atoms with van der Waals surface area (Å²) in [6.07, 6.45) is 1.57. The molecule has 5 rings (SSSR count). The van der Waals surface area contributed by atoms with Gasteiger partial charge in [-0.05, 0) is 76.4 Å². The molecule has 0 spiro atoms. The van der Waals surface area contributed by atoms with E-state index in [9.17, 15) is 8.42 Å². The smallest absolute Gasteiger partial charge is 0.241 e. The number of nitrogens with one attached hydrogen (secondary N) is 1. The van der Waals surface area contributed by atoms with E-state index in [0.29, 0.717) is 34.1 Å². The van der Waals surface area contributed by atoms with Crippen molar-refractivity contribution in [2.75, 3.05) is 5.32 Å². The summed E-state index contributed by atoms with van der Waals surface area (Å²) in [4.78, 5) is 0. The number of rotatable bonds is 3. The first kappa shape index (κ1) is 21.6.